The van der Waals surface area contributed by atoms with Crippen LogP contribution in [0.15, 0.2) is 42.5 Å². The molecule has 1 aliphatic carbocycles. The number of benzene rings is 2. The zero-order chi connectivity index (χ0) is 16.2. The molecule has 0 spiro atoms. The van der Waals surface area contributed by atoms with Crippen molar-refractivity contribution in [2.45, 2.75) is 31.8 Å². The SMILES string of the molecule is C#CC(OC(=O)C1CCCCC1=O)c1cccc2ccccc12. The summed E-state index contributed by atoms with van der Waals surface area (Å²) in [6.45, 7) is 0. The first-order valence-corrected chi connectivity index (χ1v) is 7.87. The maximum atomic E-state index is 12.3. The fraction of sp³-hybridized carbons (Fsp3) is 0.300. The molecule has 2 aromatic rings. The number of hydrogen-bond donors (Lipinski definition) is 0. The Balaban J connectivity index is 1.86. The highest BCUT2D eigenvalue weighted by atomic mass is 16.5. The summed E-state index contributed by atoms with van der Waals surface area (Å²) < 4.78 is 5.51. The van der Waals surface area contributed by atoms with Gasteiger partial charge in [0.05, 0.1) is 0 Å². The summed E-state index contributed by atoms with van der Waals surface area (Å²) in [5.74, 6) is 1.36. The molecule has 0 saturated heterocycles. The van der Waals surface area contributed by atoms with E-state index in [-0.39, 0.29) is 5.78 Å². The second-order valence-corrected chi connectivity index (χ2v) is 5.82. The number of hydrogen-bond acceptors (Lipinski definition) is 3. The van der Waals surface area contributed by atoms with Crippen molar-refractivity contribution in [1.29, 1.82) is 0 Å². The van der Waals surface area contributed by atoms with Gasteiger partial charge in [-0.05, 0) is 23.6 Å². The molecule has 0 radical (unpaired) electrons. The van der Waals surface area contributed by atoms with Gasteiger partial charge in [-0.15, -0.1) is 6.42 Å². The minimum atomic E-state index is -0.775. The zero-order valence-electron chi connectivity index (χ0n) is 12.8. The van der Waals surface area contributed by atoms with E-state index in [4.69, 9.17) is 11.2 Å². The van der Waals surface area contributed by atoms with Crippen molar-refractivity contribution < 1.29 is 14.3 Å². The van der Waals surface area contributed by atoms with Crippen LogP contribution in [0, 0.1) is 18.3 Å². The molecule has 0 amide bonds. The second-order valence-electron chi connectivity index (χ2n) is 5.82. The molecule has 116 valence electrons. The van der Waals surface area contributed by atoms with Crippen LogP contribution in [0.3, 0.4) is 0 Å². The second kappa shape index (κ2) is 6.66. The van der Waals surface area contributed by atoms with E-state index in [1.807, 2.05) is 42.5 Å². The summed E-state index contributed by atoms with van der Waals surface area (Å²) in [6.07, 6.45) is 7.56. The molecule has 0 heterocycles. The Kier molecular flexibility index (Phi) is 4.43. The minimum Gasteiger partial charge on any atom is -0.444 e. The summed E-state index contributed by atoms with van der Waals surface area (Å²) in [4.78, 5) is 24.3. The van der Waals surface area contributed by atoms with Crippen molar-refractivity contribution in [2.75, 3.05) is 0 Å². The number of esters is 1. The van der Waals surface area contributed by atoms with Gasteiger partial charge in [0.15, 0.2) is 6.10 Å². The van der Waals surface area contributed by atoms with Crippen LogP contribution < -0.4 is 0 Å². The van der Waals surface area contributed by atoms with Gasteiger partial charge >= 0.3 is 5.97 Å². The van der Waals surface area contributed by atoms with E-state index in [0.29, 0.717) is 12.8 Å². The predicted octanol–water partition coefficient (Wildman–Crippen LogP) is 3.82. The molecule has 3 heteroatoms. The van der Waals surface area contributed by atoms with Crippen molar-refractivity contribution in [3.8, 4) is 12.3 Å². The standard InChI is InChI=1S/C20H18O3/c1-2-19(23-20(22)17-11-5-6-13-18(17)21)16-12-7-9-14-8-3-4-10-15(14)16/h1,3-4,7-10,12,17,19H,5-6,11,13H2. The average Bonchev–Trinajstić information content (AvgIpc) is 2.59. The number of fused-ring (bicyclic) bond motifs is 1. The molecule has 3 nitrogen and oxygen atoms in total. The first kappa shape index (κ1) is 15.3. The third-order valence-electron chi connectivity index (χ3n) is 4.33. The number of ketones is 1. The third-order valence-corrected chi connectivity index (χ3v) is 4.33. The molecule has 2 atom stereocenters. The number of carbonyl (C=O) groups is 2. The van der Waals surface area contributed by atoms with Crippen molar-refractivity contribution in [3.63, 3.8) is 0 Å². The lowest BCUT2D eigenvalue weighted by Crippen LogP contribution is -2.29. The minimum absolute atomic E-state index is 0.0325. The van der Waals surface area contributed by atoms with Crippen LogP contribution in [0.1, 0.15) is 37.4 Å². The Bertz CT molecular complexity index is 780. The monoisotopic (exact) mass is 306 g/mol. The van der Waals surface area contributed by atoms with Crippen LogP contribution in [0.25, 0.3) is 10.8 Å². The summed E-state index contributed by atoms with van der Waals surface area (Å²) in [7, 11) is 0. The Morgan fingerprint density at radius 1 is 1.17 bits per heavy atom. The van der Waals surface area contributed by atoms with E-state index < -0.39 is 18.0 Å². The smallest absolute Gasteiger partial charge is 0.318 e. The van der Waals surface area contributed by atoms with E-state index in [9.17, 15) is 9.59 Å². The number of ether oxygens (including phenoxy) is 1. The first-order chi connectivity index (χ1) is 11.2. The lowest BCUT2D eigenvalue weighted by molar-refractivity contribution is -0.156. The largest absolute Gasteiger partial charge is 0.444 e. The highest BCUT2D eigenvalue weighted by molar-refractivity contribution is 5.99. The van der Waals surface area contributed by atoms with Gasteiger partial charge in [-0.25, -0.2) is 0 Å². The quantitative estimate of drug-likeness (QED) is 0.492. The molecule has 0 bridgehead atoms. The van der Waals surface area contributed by atoms with Gasteiger partial charge in [-0.2, -0.15) is 0 Å². The van der Waals surface area contributed by atoms with Crippen molar-refractivity contribution in [2.24, 2.45) is 5.92 Å². The molecule has 1 fully saturated rings. The van der Waals surface area contributed by atoms with Gasteiger partial charge in [0.25, 0.3) is 0 Å². The Hall–Kier alpha value is -2.60. The van der Waals surface area contributed by atoms with Gasteiger partial charge < -0.3 is 4.74 Å². The first-order valence-electron chi connectivity index (χ1n) is 7.87. The Morgan fingerprint density at radius 2 is 1.96 bits per heavy atom. The molecular formula is C20H18O3. The molecule has 1 saturated carbocycles. The van der Waals surface area contributed by atoms with E-state index in [0.717, 1.165) is 29.2 Å². The van der Waals surface area contributed by atoms with E-state index in [1.165, 1.54) is 0 Å². The van der Waals surface area contributed by atoms with E-state index >= 15 is 0 Å². The van der Waals surface area contributed by atoms with Crippen LogP contribution in [-0.2, 0) is 14.3 Å². The average molecular weight is 306 g/mol. The Morgan fingerprint density at radius 3 is 2.74 bits per heavy atom. The van der Waals surface area contributed by atoms with E-state index in [1.54, 1.807) is 0 Å². The zero-order valence-corrected chi connectivity index (χ0v) is 12.8. The summed E-state index contributed by atoms with van der Waals surface area (Å²) >= 11 is 0. The molecular weight excluding hydrogens is 288 g/mol. The fourth-order valence-corrected chi connectivity index (χ4v) is 3.10. The summed E-state index contributed by atoms with van der Waals surface area (Å²) in [5.41, 5.74) is 0.780. The number of Topliss-reactive ketones (excluding diaryl/α,β-unsaturated/α-hetero) is 1. The fourth-order valence-electron chi connectivity index (χ4n) is 3.10. The van der Waals surface area contributed by atoms with Gasteiger partial charge in [0.2, 0.25) is 0 Å². The molecule has 23 heavy (non-hydrogen) atoms. The Labute approximate surface area is 135 Å². The van der Waals surface area contributed by atoms with Gasteiger partial charge in [0.1, 0.15) is 11.7 Å². The highest BCUT2D eigenvalue weighted by Crippen LogP contribution is 2.29. The summed E-state index contributed by atoms with van der Waals surface area (Å²) in [5, 5.41) is 2.00. The number of carbonyl (C=O) groups excluding carboxylic acids is 2. The molecule has 0 aromatic heterocycles. The maximum Gasteiger partial charge on any atom is 0.318 e. The van der Waals surface area contributed by atoms with E-state index in [2.05, 4.69) is 5.92 Å². The maximum absolute atomic E-state index is 12.3. The van der Waals surface area contributed by atoms with Gasteiger partial charge in [-0.1, -0.05) is 54.8 Å². The number of terminal acetylenes is 1. The molecule has 2 unspecified atom stereocenters. The molecule has 1 aliphatic rings. The van der Waals surface area contributed by atoms with Crippen LogP contribution in [0.2, 0.25) is 0 Å². The molecule has 2 aromatic carbocycles. The lowest BCUT2D eigenvalue weighted by Gasteiger charge is -2.22. The normalized spacial score (nSPS) is 19.1. The summed E-state index contributed by atoms with van der Waals surface area (Å²) in [6, 6.07) is 13.5. The van der Waals surface area contributed by atoms with Gasteiger partial charge in [0, 0.05) is 12.0 Å². The number of rotatable bonds is 3. The lowest BCUT2D eigenvalue weighted by atomic mass is 9.88. The van der Waals surface area contributed by atoms with Crippen LogP contribution >= 0.6 is 0 Å². The molecule has 3 rings (SSSR count). The van der Waals surface area contributed by atoms with Crippen molar-refractivity contribution in [1.82, 2.24) is 0 Å². The highest BCUT2D eigenvalue weighted by Gasteiger charge is 2.32. The van der Waals surface area contributed by atoms with Crippen molar-refractivity contribution in [3.05, 3.63) is 48.0 Å². The third kappa shape index (κ3) is 3.12. The topological polar surface area (TPSA) is 43.4 Å². The van der Waals surface area contributed by atoms with Crippen LogP contribution in [-0.4, -0.2) is 11.8 Å². The molecule has 0 aliphatic heterocycles. The van der Waals surface area contributed by atoms with Crippen molar-refractivity contribution >= 4 is 22.5 Å². The van der Waals surface area contributed by atoms with Gasteiger partial charge in [-0.3, -0.25) is 9.59 Å². The predicted molar refractivity (Wildman–Crippen MR) is 88.6 cm³/mol. The molecule has 0 N–H and O–H groups in total. The van der Waals surface area contributed by atoms with Crippen LogP contribution in [0.5, 0.6) is 0 Å². The van der Waals surface area contributed by atoms with Crippen LogP contribution in [0.4, 0.5) is 0 Å².